The third-order valence-electron chi connectivity index (χ3n) is 2.96. The van der Waals surface area contributed by atoms with Crippen molar-refractivity contribution in [2.24, 2.45) is 0 Å². The van der Waals surface area contributed by atoms with Gasteiger partial charge in [-0.05, 0) is 19.0 Å². The fourth-order valence-corrected chi connectivity index (χ4v) is 2.18. The van der Waals surface area contributed by atoms with E-state index in [1.165, 1.54) is 5.56 Å². The van der Waals surface area contributed by atoms with Gasteiger partial charge < -0.3 is 9.84 Å². The van der Waals surface area contributed by atoms with Gasteiger partial charge in [0.2, 0.25) is 0 Å². The second-order valence-corrected chi connectivity index (χ2v) is 4.38. The molecule has 0 amide bonds. The first-order chi connectivity index (χ1) is 8.19. The summed E-state index contributed by atoms with van der Waals surface area (Å²) in [5, 5.41) is 9.74. The summed E-state index contributed by atoms with van der Waals surface area (Å²) >= 11 is 0. The molecule has 0 aliphatic rings. The van der Waals surface area contributed by atoms with Gasteiger partial charge >= 0.3 is 0 Å². The molecule has 0 bridgehead atoms. The molecule has 1 aromatic carbocycles. The van der Waals surface area contributed by atoms with Crippen molar-refractivity contribution in [2.75, 3.05) is 27.3 Å². The number of hydrogen-bond donors (Lipinski definition) is 1. The lowest BCUT2D eigenvalue weighted by Crippen LogP contribution is -2.34. The number of hydrogen-bond acceptors (Lipinski definition) is 3. The Morgan fingerprint density at radius 3 is 2.47 bits per heavy atom. The van der Waals surface area contributed by atoms with Gasteiger partial charge in [-0.15, -0.1) is 0 Å². The maximum absolute atomic E-state index is 9.74. The smallest absolute Gasteiger partial charge is 0.0900 e. The molecule has 0 radical (unpaired) electrons. The van der Waals surface area contributed by atoms with Gasteiger partial charge in [-0.1, -0.05) is 37.3 Å². The van der Waals surface area contributed by atoms with Crippen LogP contribution < -0.4 is 0 Å². The average molecular weight is 237 g/mol. The fourth-order valence-electron chi connectivity index (χ4n) is 2.18. The average Bonchev–Trinajstić information content (AvgIpc) is 2.31. The third-order valence-corrected chi connectivity index (χ3v) is 2.96. The Morgan fingerprint density at radius 2 is 1.94 bits per heavy atom. The molecule has 0 fully saturated rings. The summed E-state index contributed by atoms with van der Waals surface area (Å²) in [4.78, 5) is 2.18. The summed E-state index contributed by atoms with van der Waals surface area (Å²) in [5.74, 6) is 0. The highest BCUT2D eigenvalue weighted by Crippen LogP contribution is 2.22. The number of aliphatic hydroxyl groups is 1. The van der Waals surface area contributed by atoms with Crippen molar-refractivity contribution in [3.8, 4) is 0 Å². The summed E-state index contributed by atoms with van der Waals surface area (Å²) in [6.07, 6.45) is 0.600. The summed E-state index contributed by atoms with van der Waals surface area (Å²) < 4.78 is 4.95. The van der Waals surface area contributed by atoms with Crippen molar-refractivity contribution in [2.45, 2.75) is 25.5 Å². The largest absolute Gasteiger partial charge is 0.389 e. The van der Waals surface area contributed by atoms with Crippen LogP contribution in [0, 0.1) is 0 Å². The van der Waals surface area contributed by atoms with Gasteiger partial charge in [0.1, 0.15) is 0 Å². The Bertz CT molecular complexity index is 302. The van der Waals surface area contributed by atoms with E-state index in [9.17, 15) is 5.11 Å². The lowest BCUT2D eigenvalue weighted by Gasteiger charge is -2.29. The van der Waals surface area contributed by atoms with Crippen LogP contribution >= 0.6 is 0 Å². The number of rotatable bonds is 7. The second-order valence-electron chi connectivity index (χ2n) is 4.38. The first-order valence-electron chi connectivity index (χ1n) is 6.11. The molecular weight excluding hydrogens is 214 g/mol. The second kappa shape index (κ2) is 7.43. The van der Waals surface area contributed by atoms with E-state index in [1.807, 2.05) is 13.1 Å². The molecule has 0 spiro atoms. The molecule has 2 atom stereocenters. The van der Waals surface area contributed by atoms with Crippen LogP contribution in [0.1, 0.15) is 24.9 Å². The van der Waals surface area contributed by atoms with E-state index < -0.39 is 6.10 Å². The van der Waals surface area contributed by atoms with Crippen LogP contribution in [0.15, 0.2) is 30.3 Å². The zero-order valence-electron chi connectivity index (χ0n) is 11.0. The van der Waals surface area contributed by atoms with Crippen molar-refractivity contribution in [1.82, 2.24) is 4.90 Å². The highest BCUT2D eigenvalue weighted by Gasteiger charge is 2.17. The summed E-state index contributed by atoms with van der Waals surface area (Å²) in [6, 6.07) is 10.7. The lowest BCUT2D eigenvalue weighted by atomic mass is 10.0. The highest BCUT2D eigenvalue weighted by atomic mass is 16.5. The van der Waals surface area contributed by atoms with Gasteiger partial charge in [0.25, 0.3) is 0 Å². The monoisotopic (exact) mass is 237 g/mol. The number of benzene rings is 1. The Kier molecular flexibility index (Phi) is 6.19. The molecule has 0 saturated carbocycles. The molecule has 0 unspecified atom stereocenters. The summed E-state index contributed by atoms with van der Waals surface area (Å²) in [5.41, 5.74) is 1.29. The molecule has 17 heavy (non-hydrogen) atoms. The molecule has 1 aromatic rings. The minimum Gasteiger partial charge on any atom is -0.389 e. The molecule has 0 aliphatic carbocycles. The molecule has 3 nitrogen and oxygen atoms in total. The Labute approximate surface area is 104 Å². The first kappa shape index (κ1) is 14.2. The summed E-state index contributed by atoms with van der Waals surface area (Å²) in [7, 11) is 3.65. The topological polar surface area (TPSA) is 32.7 Å². The van der Waals surface area contributed by atoms with E-state index in [0.717, 1.165) is 6.42 Å². The third kappa shape index (κ3) is 4.46. The summed E-state index contributed by atoms with van der Waals surface area (Å²) in [6.45, 7) is 3.17. The van der Waals surface area contributed by atoms with Crippen LogP contribution in [0.2, 0.25) is 0 Å². The van der Waals surface area contributed by atoms with E-state index in [-0.39, 0.29) is 0 Å². The van der Waals surface area contributed by atoms with Crippen LogP contribution in [0.3, 0.4) is 0 Å². The van der Waals surface area contributed by atoms with Gasteiger partial charge in [-0.25, -0.2) is 0 Å². The van der Waals surface area contributed by atoms with E-state index in [1.54, 1.807) is 7.11 Å². The van der Waals surface area contributed by atoms with Gasteiger partial charge in [0.05, 0.1) is 12.7 Å². The highest BCUT2D eigenvalue weighted by molar-refractivity contribution is 5.18. The maximum atomic E-state index is 9.74. The predicted octanol–water partition coefficient (Wildman–Crippen LogP) is 2.08. The van der Waals surface area contributed by atoms with E-state index in [0.29, 0.717) is 19.2 Å². The minimum absolute atomic E-state index is 0.350. The zero-order valence-corrected chi connectivity index (χ0v) is 11.0. The van der Waals surface area contributed by atoms with E-state index >= 15 is 0 Å². The lowest BCUT2D eigenvalue weighted by molar-refractivity contribution is 0.0335. The van der Waals surface area contributed by atoms with Crippen LogP contribution in [0.4, 0.5) is 0 Å². The predicted molar refractivity (Wildman–Crippen MR) is 70.0 cm³/mol. The number of methoxy groups -OCH3 is 1. The molecule has 0 heterocycles. The normalized spacial score (nSPS) is 14.9. The minimum atomic E-state index is -0.428. The van der Waals surface area contributed by atoms with E-state index in [4.69, 9.17) is 4.74 Å². The van der Waals surface area contributed by atoms with Crippen molar-refractivity contribution >= 4 is 0 Å². The molecular formula is C14H23NO2. The van der Waals surface area contributed by atoms with Gasteiger partial charge in [0.15, 0.2) is 0 Å². The van der Waals surface area contributed by atoms with Crippen LogP contribution in [-0.4, -0.2) is 43.4 Å². The van der Waals surface area contributed by atoms with Crippen molar-refractivity contribution in [3.05, 3.63) is 35.9 Å². The number of nitrogens with zero attached hydrogens (tertiary/aromatic N) is 1. The molecule has 0 aliphatic heterocycles. The Balaban J connectivity index is 2.61. The van der Waals surface area contributed by atoms with Crippen LogP contribution in [-0.2, 0) is 4.74 Å². The van der Waals surface area contributed by atoms with Crippen LogP contribution in [0.25, 0.3) is 0 Å². The molecule has 0 aromatic heterocycles. The molecule has 96 valence electrons. The standard InChI is InChI=1S/C14H23NO2/c1-4-14(12-8-6-5-7-9-12)15(2)10-13(16)11-17-3/h5-9,13-14,16H,4,10-11H2,1-3H3/t13-,14-/m1/s1. The van der Waals surface area contributed by atoms with E-state index in [2.05, 4.69) is 36.1 Å². The van der Waals surface area contributed by atoms with Gasteiger partial charge in [-0.2, -0.15) is 0 Å². The maximum Gasteiger partial charge on any atom is 0.0900 e. The molecule has 3 heteroatoms. The van der Waals surface area contributed by atoms with Crippen molar-refractivity contribution in [1.29, 1.82) is 0 Å². The first-order valence-corrected chi connectivity index (χ1v) is 6.11. The quantitative estimate of drug-likeness (QED) is 0.788. The molecule has 1 rings (SSSR count). The van der Waals surface area contributed by atoms with Gasteiger partial charge in [0, 0.05) is 19.7 Å². The van der Waals surface area contributed by atoms with Gasteiger partial charge in [-0.3, -0.25) is 4.90 Å². The Hall–Kier alpha value is -0.900. The number of ether oxygens (including phenoxy) is 1. The fraction of sp³-hybridized carbons (Fsp3) is 0.571. The SMILES string of the molecule is CC[C@H](c1ccccc1)N(C)C[C@@H](O)COC. The van der Waals surface area contributed by atoms with Crippen molar-refractivity contribution in [3.63, 3.8) is 0 Å². The molecule has 1 N–H and O–H groups in total. The zero-order chi connectivity index (χ0) is 12.7. The van der Waals surface area contributed by atoms with Crippen LogP contribution in [0.5, 0.6) is 0 Å². The number of aliphatic hydroxyl groups excluding tert-OH is 1. The Morgan fingerprint density at radius 1 is 1.29 bits per heavy atom. The number of likely N-dealkylation sites (N-methyl/N-ethyl adjacent to an activating group) is 1. The van der Waals surface area contributed by atoms with Crippen molar-refractivity contribution < 1.29 is 9.84 Å². The molecule has 0 saturated heterocycles.